The van der Waals surface area contributed by atoms with Gasteiger partial charge >= 0.3 is 12.4 Å². The summed E-state index contributed by atoms with van der Waals surface area (Å²) in [7, 11) is -3.92. The van der Waals surface area contributed by atoms with E-state index in [1.807, 2.05) is 0 Å². The lowest BCUT2D eigenvalue weighted by molar-refractivity contribution is -0.141. The molecule has 4 rings (SSSR count). The molecule has 3 aromatic carbocycles. The maximum absolute atomic E-state index is 13.7. The summed E-state index contributed by atoms with van der Waals surface area (Å²) in [6, 6.07) is 16.1. The van der Waals surface area contributed by atoms with Gasteiger partial charge in [-0.3, -0.25) is 0 Å². The Morgan fingerprint density at radius 2 is 1.33 bits per heavy atom. The van der Waals surface area contributed by atoms with Crippen molar-refractivity contribution < 1.29 is 39.9 Å². The zero-order valence-corrected chi connectivity index (χ0v) is 20.6. The quantitative estimate of drug-likeness (QED) is 0.276. The number of nitrogens with zero attached hydrogens (tertiary/aromatic N) is 2. The molecule has 204 valence electrons. The van der Waals surface area contributed by atoms with Crippen molar-refractivity contribution in [2.75, 3.05) is 13.2 Å². The molecule has 0 aliphatic heterocycles. The van der Waals surface area contributed by atoms with E-state index in [-0.39, 0.29) is 34.1 Å². The van der Waals surface area contributed by atoms with E-state index in [1.54, 1.807) is 12.1 Å². The van der Waals surface area contributed by atoms with Gasteiger partial charge in [0.1, 0.15) is 5.69 Å². The molecule has 1 aromatic heterocycles. The molecule has 0 unspecified atom stereocenters. The minimum atomic E-state index is -4.86. The van der Waals surface area contributed by atoms with E-state index in [2.05, 4.69) is 14.7 Å². The SMILES string of the molecule is O=S(=O)(NCCO)c1cccc(-c2cccc(-c3nc(-c4ccc(C(F)(F)F)cc4)cc(C(F)(F)F)n3)c2)c1. The molecular formula is C26H19F6N3O3S. The number of aromatic nitrogens is 2. The first-order chi connectivity index (χ1) is 18.3. The third-order valence-electron chi connectivity index (χ3n) is 5.53. The van der Waals surface area contributed by atoms with Crippen LogP contribution in [0.1, 0.15) is 11.3 Å². The van der Waals surface area contributed by atoms with Gasteiger partial charge in [-0.1, -0.05) is 42.5 Å². The molecule has 0 fully saturated rings. The van der Waals surface area contributed by atoms with Gasteiger partial charge in [0.15, 0.2) is 5.82 Å². The summed E-state index contributed by atoms with van der Waals surface area (Å²) < 4.78 is 107. The highest BCUT2D eigenvalue weighted by atomic mass is 32.2. The Hall–Kier alpha value is -3.81. The van der Waals surface area contributed by atoms with Crippen LogP contribution in [-0.2, 0) is 22.4 Å². The van der Waals surface area contributed by atoms with E-state index in [0.717, 1.165) is 24.3 Å². The number of aliphatic hydroxyl groups excluding tert-OH is 1. The lowest BCUT2D eigenvalue weighted by Crippen LogP contribution is -2.26. The third-order valence-corrected chi connectivity index (χ3v) is 6.99. The van der Waals surface area contributed by atoms with Crippen LogP contribution in [0.5, 0.6) is 0 Å². The Morgan fingerprint density at radius 1 is 0.718 bits per heavy atom. The predicted octanol–water partition coefficient (Wildman–Crippen LogP) is 5.79. The predicted molar refractivity (Wildman–Crippen MR) is 131 cm³/mol. The highest BCUT2D eigenvalue weighted by Crippen LogP contribution is 2.35. The normalized spacial score (nSPS) is 12.5. The maximum atomic E-state index is 13.7. The van der Waals surface area contributed by atoms with Gasteiger partial charge in [-0.15, -0.1) is 0 Å². The van der Waals surface area contributed by atoms with Gasteiger partial charge in [-0.25, -0.2) is 23.1 Å². The van der Waals surface area contributed by atoms with Gasteiger partial charge in [0.25, 0.3) is 0 Å². The average Bonchev–Trinajstić information content (AvgIpc) is 2.91. The van der Waals surface area contributed by atoms with E-state index in [0.29, 0.717) is 17.2 Å². The molecule has 0 atom stereocenters. The third kappa shape index (κ3) is 6.61. The molecule has 2 N–H and O–H groups in total. The second kappa shape index (κ2) is 10.8. The van der Waals surface area contributed by atoms with Crippen LogP contribution in [0.3, 0.4) is 0 Å². The van der Waals surface area contributed by atoms with Crippen molar-refractivity contribution in [3.8, 4) is 33.8 Å². The van der Waals surface area contributed by atoms with Crippen LogP contribution in [0.4, 0.5) is 26.3 Å². The minimum Gasteiger partial charge on any atom is -0.395 e. The van der Waals surface area contributed by atoms with E-state index in [4.69, 9.17) is 5.11 Å². The van der Waals surface area contributed by atoms with Crippen molar-refractivity contribution in [3.05, 3.63) is 90.1 Å². The number of halogens is 6. The Bertz CT molecular complexity index is 1590. The first-order valence-corrected chi connectivity index (χ1v) is 12.7. The maximum Gasteiger partial charge on any atom is 0.433 e. The van der Waals surface area contributed by atoms with Gasteiger partial charge in [0.2, 0.25) is 10.0 Å². The number of alkyl halides is 6. The summed E-state index contributed by atoms with van der Waals surface area (Å²) in [6.45, 7) is -0.581. The number of aliphatic hydroxyl groups is 1. The van der Waals surface area contributed by atoms with Gasteiger partial charge in [0, 0.05) is 17.7 Å². The van der Waals surface area contributed by atoms with Crippen LogP contribution < -0.4 is 4.72 Å². The fraction of sp³-hybridized carbons (Fsp3) is 0.154. The molecule has 13 heteroatoms. The van der Waals surface area contributed by atoms with Crippen LogP contribution in [-0.4, -0.2) is 36.6 Å². The summed E-state index contributed by atoms with van der Waals surface area (Å²) in [5.74, 6) is -0.324. The molecule has 39 heavy (non-hydrogen) atoms. The number of nitrogens with one attached hydrogen (secondary N) is 1. The summed E-state index contributed by atoms with van der Waals surface area (Å²) in [5, 5.41) is 8.90. The Morgan fingerprint density at radius 3 is 1.95 bits per heavy atom. The monoisotopic (exact) mass is 567 g/mol. The molecule has 0 amide bonds. The van der Waals surface area contributed by atoms with Crippen molar-refractivity contribution in [2.45, 2.75) is 17.2 Å². The number of hydrogen-bond acceptors (Lipinski definition) is 5. The molecule has 4 aromatic rings. The molecule has 1 heterocycles. The first-order valence-electron chi connectivity index (χ1n) is 11.2. The van der Waals surface area contributed by atoms with Crippen molar-refractivity contribution in [1.29, 1.82) is 0 Å². The summed E-state index contributed by atoms with van der Waals surface area (Å²) in [5.41, 5.74) is -1.40. The van der Waals surface area contributed by atoms with Crippen molar-refractivity contribution in [1.82, 2.24) is 14.7 Å². The van der Waals surface area contributed by atoms with E-state index < -0.39 is 40.2 Å². The molecule has 6 nitrogen and oxygen atoms in total. The number of hydrogen-bond donors (Lipinski definition) is 2. The minimum absolute atomic E-state index is 0.0293. The lowest BCUT2D eigenvalue weighted by Gasteiger charge is -2.13. The number of rotatable bonds is 7. The highest BCUT2D eigenvalue weighted by molar-refractivity contribution is 7.89. The van der Waals surface area contributed by atoms with Gasteiger partial charge in [-0.05, 0) is 47.5 Å². The fourth-order valence-electron chi connectivity index (χ4n) is 3.64. The molecule has 0 aliphatic carbocycles. The molecule has 0 radical (unpaired) electrons. The molecule has 0 saturated carbocycles. The molecule has 0 spiro atoms. The van der Waals surface area contributed by atoms with Crippen molar-refractivity contribution >= 4 is 10.0 Å². The Balaban J connectivity index is 1.77. The fourth-order valence-corrected chi connectivity index (χ4v) is 4.71. The standard InChI is InChI=1S/C26H19F6N3O3S/c27-25(28,29)20-9-7-16(8-10-20)22-15-23(26(30,31)32)35-24(34-22)19-5-1-3-17(13-19)18-4-2-6-21(14-18)39(37,38)33-11-12-36/h1-10,13-15,33,36H,11-12H2. The first kappa shape index (κ1) is 28.2. The van der Waals surface area contributed by atoms with Crippen LogP contribution in [0.25, 0.3) is 33.8 Å². The molecule has 0 saturated heterocycles. The number of benzene rings is 3. The average molecular weight is 568 g/mol. The van der Waals surface area contributed by atoms with Crippen LogP contribution >= 0.6 is 0 Å². The second-order valence-electron chi connectivity index (χ2n) is 8.26. The van der Waals surface area contributed by atoms with Crippen LogP contribution in [0.15, 0.2) is 83.8 Å². The Labute approximate surface area is 219 Å². The van der Waals surface area contributed by atoms with Crippen LogP contribution in [0, 0.1) is 0 Å². The molecule has 0 bridgehead atoms. The smallest absolute Gasteiger partial charge is 0.395 e. The van der Waals surface area contributed by atoms with Crippen molar-refractivity contribution in [3.63, 3.8) is 0 Å². The molecular weight excluding hydrogens is 548 g/mol. The van der Waals surface area contributed by atoms with Crippen LogP contribution in [0.2, 0.25) is 0 Å². The van der Waals surface area contributed by atoms with E-state index >= 15 is 0 Å². The zero-order valence-electron chi connectivity index (χ0n) is 19.8. The number of sulfonamides is 1. The van der Waals surface area contributed by atoms with Gasteiger partial charge in [-0.2, -0.15) is 26.3 Å². The molecule has 0 aliphatic rings. The second-order valence-corrected chi connectivity index (χ2v) is 10.0. The summed E-state index contributed by atoms with van der Waals surface area (Å²) in [4.78, 5) is 7.74. The lowest BCUT2D eigenvalue weighted by atomic mass is 10.0. The summed E-state index contributed by atoms with van der Waals surface area (Å²) in [6.07, 6.45) is -9.47. The topological polar surface area (TPSA) is 92.2 Å². The van der Waals surface area contributed by atoms with Gasteiger partial charge in [0.05, 0.1) is 22.8 Å². The highest BCUT2D eigenvalue weighted by Gasteiger charge is 2.34. The van der Waals surface area contributed by atoms with Gasteiger partial charge < -0.3 is 5.11 Å². The Kier molecular flexibility index (Phi) is 7.77. The zero-order chi connectivity index (χ0) is 28.4. The summed E-state index contributed by atoms with van der Waals surface area (Å²) >= 11 is 0. The van der Waals surface area contributed by atoms with E-state index in [1.165, 1.54) is 36.4 Å². The van der Waals surface area contributed by atoms with Crippen molar-refractivity contribution in [2.24, 2.45) is 0 Å². The van der Waals surface area contributed by atoms with E-state index in [9.17, 15) is 34.8 Å². The largest absolute Gasteiger partial charge is 0.433 e.